The van der Waals surface area contributed by atoms with Crippen LogP contribution in [-0.2, 0) is 0 Å². The maximum Gasteiger partial charge on any atom is 0.162 e. The molecule has 1 aliphatic rings. The summed E-state index contributed by atoms with van der Waals surface area (Å²) < 4.78 is 0. The Hall–Kier alpha value is -2.80. The molecule has 2 aromatic heterocycles. The van der Waals surface area contributed by atoms with Gasteiger partial charge in [0.2, 0.25) is 0 Å². The summed E-state index contributed by atoms with van der Waals surface area (Å²) in [5.74, 6) is 1.66. The molecule has 0 aliphatic carbocycles. The van der Waals surface area contributed by atoms with Crippen molar-refractivity contribution in [2.75, 3.05) is 45.1 Å². The van der Waals surface area contributed by atoms with Crippen molar-refractivity contribution in [1.29, 1.82) is 0 Å². The number of benzene rings is 2. The number of likely N-dealkylation sites (N-methyl/N-ethyl adjacent to an activating group) is 1. The third-order valence-electron chi connectivity index (χ3n) is 5.95. The molecule has 5 rings (SSSR count). The SMILES string of the molecule is CN1CCN(C(CNc2nc(-c3ccccc3)nc3ccccc23)c2cccs2)CC1. The molecule has 0 saturated carbocycles. The van der Waals surface area contributed by atoms with Gasteiger partial charge in [-0.2, -0.15) is 0 Å². The van der Waals surface area contributed by atoms with Gasteiger partial charge >= 0.3 is 0 Å². The number of aromatic nitrogens is 2. The van der Waals surface area contributed by atoms with Gasteiger partial charge in [-0.1, -0.05) is 48.5 Å². The molecule has 0 bridgehead atoms. The molecule has 1 atom stereocenters. The maximum atomic E-state index is 4.94. The van der Waals surface area contributed by atoms with E-state index in [1.54, 1.807) is 0 Å². The van der Waals surface area contributed by atoms with Gasteiger partial charge in [0.1, 0.15) is 5.82 Å². The van der Waals surface area contributed by atoms with Gasteiger partial charge in [0.05, 0.1) is 11.6 Å². The first-order valence-corrected chi connectivity index (χ1v) is 11.7. The number of nitrogens with one attached hydrogen (secondary N) is 1. The fourth-order valence-electron chi connectivity index (χ4n) is 4.15. The van der Waals surface area contributed by atoms with E-state index in [1.807, 2.05) is 35.6 Å². The lowest BCUT2D eigenvalue weighted by atomic mass is 10.1. The fourth-order valence-corrected chi connectivity index (χ4v) is 5.01. The van der Waals surface area contributed by atoms with Gasteiger partial charge < -0.3 is 10.2 Å². The van der Waals surface area contributed by atoms with Gasteiger partial charge in [-0.15, -0.1) is 11.3 Å². The molecule has 1 saturated heterocycles. The summed E-state index contributed by atoms with van der Waals surface area (Å²) in [6, 6.07) is 23.2. The third kappa shape index (κ3) is 4.46. The highest BCUT2D eigenvalue weighted by Gasteiger charge is 2.25. The average Bonchev–Trinajstić information content (AvgIpc) is 3.35. The van der Waals surface area contributed by atoms with E-state index < -0.39 is 0 Å². The molecule has 158 valence electrons. The Labute approximate surface area is 187 Å². The summed E-state index contributed by atoms with van der Waals surface area (Å²) in [5, 5.41) is 6.93. The van der Waals surface area contributed by atoms with E-state index >= 15 is 0 Å². The van der Waals surface area contributed by atoms with E-state index in [9.17, 15) is 0 Å². The molecule has 1 aliphatic heterocycles. The minimum Gasteiger partial charge on any atom is -0.367 e. The van der Waals surface area contributed by atoms with Crippen LogP contribution in [0.25, 0.3) is 22.3 Å². The maximum absolute atomic E-state index is 4.94. The summed E-state index contributed by atoms with van der Waals surface area (Å²) in [7, 11) is 2.20. The number of para-hydroxylation sites is 1. The van der Waals surface area contributed by atoms with Gasteiger partial charge in [0.25, 0.3) is 0 Å². The van der Waals surface area contributed by atoms with Crippen LogP contribution in [0.2, 0.25) is 0 Å². The minimum atomic E-state index is 0.336. The molecule has 5 nitrogen and oxygen atoms in total. The van der Waals surface area contributed by atoms with Crippen LogP contribution < -0.4 is 5.32 Å². The summed E-state index contributed by atoms with van der Waals surface area (Å²) >= 11 is 1.84. The van der Waals surface area contributed by atoms with Crippen molar-refractivity contribution in [3.63, 3.8) is 0 Å². The average molecular weight is 430 g/mol. The van der Waals surface area contributed by atoms with Crippen LogP contribution in [0.3, 0.4) is 0 Å². The topological polar surface area (TPSA) is 44.3 Å². The Morgan fingerprint density at radius 3 is 2.45 bits per heavy atom. The number of rotatable bonds is 6. The predicted octanol–water partition coefficient (Wildman–Crippen LogP) is 4.76. The second kappa shape index (κ2) is 9.14. The second-order valence-corrected chi connectivity index (χ2v) is 9.01. The van der Waals surface area contributed by atoms with Crippen LogP contribution in [0.15, 0.2) is 72.1 Å². The van der Waals surface area contributed by atoms with Crippen molar-refractivity contribution in [3.8, 4) is 11.4 Å². The monoisotopic (exact) mass is 429 g/mol. The van der Waals surface area contributed by atoms with Crippen molar-refractivity contribution >= 4 is 28.1 Å². The molecule has 1 N–H and O–H groups in total. The van der Waals surface area contributed by atoms with Gasteiger partial charge in [-0.05, 0) is 30.6 Å². The van der Waals surface area contributed by atoms with Crippen LogP contribution in [0.1, 0.15) is 10.9 Å². The van der Waals surface area contributed by atoms with Gasteiger partial charge in [-0.25, -0.2) is 9.97 Å². The molecular formula is C25H27N5S. The largest absolute Gasteiger partial charge is 0.367 e. The van der Waals surface area contributed by atoms with Gasteiger partial charge in [0, 0.05) is 48.6 Å². The summed E-state index contributed by atoms with van der Waals surface area (Å²) in [5.41, 5.74) is 2.00. The number of piperazine rings is 1. The summed E-state index contributed by atoms with van der Waals surface area (Å²) in [4.78, 5) is 16.2. The van der Waals surface area contributed by atoms with Gasteiger partial charge in [0.15, 0.2) is 5.82 Å². The molecular weight excluding hydrogens is 402 g/mol. The van der Waals surface area contributed by atoms with E-state index in [0.717, 1.165) is 60.8 Å². The van der Waals surface area contributed by atoms with Crippen LogP contribution >= 0.6 is 11.3 Å². The van der Waals surface area contributed by atoms with Crippen molar-refractivity contribution < 1.29 is 0 Å². The highest BCUT2D eigenvalue weighted by Crippen LogP contribution is 2.29. The minimum absolute atomic E-state index is 0.336. The zero-order chi connectivity index (χ0) is 21.0. The number of hydrogen-bond donors (Lipinski definition) is 1. The molecule has 0 spiro atoms. The number of thiophene rings is 1. The molecule has 0 radical (unpaired) electrons. The second-order valence-electron chi connectivity index (χ2n) is 8.03. The lowest BCUT2D eigenvalue weighted by Gasteiger charge is -2.37. The fraction of sp³-hybridized carbons (Fsp3) is 0.280. The molecule has 4 aromatic rings. The summed E-state index contributed by atoms with van der Waals surface area (Å²) in [6.07, 6.45) is 0. The normalized spacial score (nSPS) is 16.4. The number of fused-ring (bicyclic) bond motifs is 1. The van der Waals surface area contributed by atoms with Crippen molar-refractivity contribution in [2.24, 2.45) is 0 Å². The molecule has 1 fully saturated rings. The van der Waals surface area contributed by atoms with Crippen molar-refractivity contribution in [1.82, 2.24) is 19.8 Å². The van der Waals surface area contributed by atoms with Crippen molar-refractivity contribution in [2.45, 2.75) is 6.04 Å². The lowest BCUT2D eigenvalue weighted by Crippen LogP contribution is -2.47. The first-order chi connectivity index (χ1) is 15.3. The molecule has 2 aromatic carbocycles. The third-order valence-corrected chi connectivity index (χ3v) is 6.92. The van der Waals surface area contributed by atoms with E-state index in [-0.39, 0.29) is 0 Å². The predicted molar refractivity (Wildman–Crippen MR) is 130 cm³/mol. The van der Waals surface area contributed by atoms with Crippen molar-refractivity contribution in [3.05, 3.63) is 77.0 Å². The zero-order valence-electron chi connectivity index (χ0n) is 17.7. The number of nitrogens with zero attached hydrogens (tertiary/aromatic N) is 4. The highest BCUT2D eigenvalue weighted by molar-refractivity contribution is 7.10. The lowest BCUT2D eigenvalue weighted by molar-refractivity contribution is 0.118. The van der Waals surface area contributed by atoms with Gasteiger partial charge in [-0.3, -0.25) is 4.90 Å². The highest BCUT2D eigenvalue weighted by atomic mass is 32.1. The van der Waals surface area contributed by atoms with Crippen LogP contribution in [0.5, 0.6) is 0 Å². The van der Waals surface area contributed by atoms with Crippen LogP contribution in [0, 0.1) is 0 Å². The summed E-state index contributed by atoms with van der Waals surface area (Å²) in [6.45, 7) is 5.20. The van der Waals surface area contributed by atoms with E-state index in [1.165, 1.54) is 4.88 Å². The smallest absolute Gasteiger partial charge is 0.162 e. The standard InChI is InChI=1S/C25H27N5S/c1-29-13-15-30(16-14-29)22(23-12-7-17-31-23)18-26-25-20-10-5-6-11-21(20)27-24(28-25)19-8-3-2-4-9-19/h2-12,17,22H,13-16,18H2,1H3,(H,26,27,28). The Kier molecular flexibility index (Phi) is 5.93. The van der Waals surface area contributed by atoms with E-state index in [2.05, 4.69) is 70.0 Å². The van der Waals surface area contributed by atoms with E-state index in [4.69, 9.17) is 9.97 Å². The molecule has 31 heavy (non-hydrogen) atoms. The molecule has 1 unspecified atom stereocenters. The quantitative estimate of drug-likeness (QED) is 0.479. The molecule has 6 heteroatoms. The Morgan fingerprint density at radius 2 is 1.68 bits per heavy atom. The first kappa shape index (κ1) is 20.1. The van der Waals surface area contributed by atoms with Crippen LogP contribution in [-0.4, -0.2) is 59.5 Å². The first-order valence-electron chi connectivity index (χ1n) is 10.8. The van der Waals surface area contributed by atoms with Crippen LogP contribution in [0.4, 0.5) is 5.82 Å². The number of hydrogen-bond acceptors (Lipinski definition) is 6. The molecule has 0 amide bonds. The Balaban J connectivity index is 1.46. The Bertz CT molecular complexity index is 1120. The molecule has 3 heterocycles. The Morgan fingerprint density at radius 1 is 0.903 bits per heavy atom. The van der Waals surface area contributed by atoms with E-state index in [0.29, 0.717) is 6.04 Å². The number of anilines is 1. The zero-order valence-corrected chi connectivity index (χ0v) is 18.6.